The van der Waals surface area contributed by atoms with Crippen LogP contribution in [-0.4, -0.2) is 24.4 Å². The normalized spacial score (nSPS) is 35.6. The average Bonchev–Trinajstić information content (AvgIpc) is 2.14. The molecular weight excluding hydrogens is 176 g/mol. The fourth-order valence-electron chi connectivity index (χ4n) is 1.55. The van der Waals surface area contributed by atoms with Crippen molar-refractivity contribution in [2.24, 2.45) is 0 Å². The van der Waals surface area contributed by atoms with Crippen molar-refractivity contribution in [3.05, 3.63) is 36.1 Å². The number of aliphatic hydroxyl groups excluding tert-OH is 1. The van der Waals surface area contributed by atoms with Gasteiger partial charge in [-0.3, -0.25) is 5.32 Å². The summed E-state index contributed by atoms with van der Waals surface area (Å²) in [5.74, 6) is 0. The second-order valence-corrected chi connectivity index (χ2v) is 3.38. The molecule has 0 saturated carbocycles. The van der Waals surface area contributed by atoms with Crippen molar-refractivity contribution >= 4 is 0 Å². The van der Waals surface area contributed by atoms with Gasteiger partial charge in [-0.1, -0.05) is 24.8 Å². The molecule has 0 amide bonds. The van der Waals surface area contributed by atoms with Crippen LogP contribution in [0.5, 0.6) is 0 Å². The van der Waals surface area contributed by atoms with E-state index in [1.54, 1.807) is 6.08 Å². The lowest BCUT2D eigenvalue weighted by atomic mass is 10.1. The zero-order valence-corrected chi connectivity index (χ0v) is 8.75. The Morgan fingerprint density at radius 2 is 2.43 bits per heavy atom. The van der Waals surface area contributed by atoms with E-state index in [9.17, 15) is 5.11 Å². The molecule has 0 aliphatic carbocycles. The van der Waals surface area contributed by atoms with Gasteiger partial charge in [0, 0.05) is 30.8 Å². The van der Waals surface area contributed by atoms with E-state index < -0.39 is 6.23 Å². The van der Waals surface area contributed by atoms with Gasteiger partial charge < -0.3 is 10.4 Å². The minimum atomic E-state index is -0.644. The van der Waals surface area contributed by atoms with Gasteiger partial charge in [-0.25, -0.2) is 0 Å². The van der Waals surface area contributed by atoms with Crippen molar-refractivity contribution in [3.8, 4) is 0 Å². The largest absolute Gasteiger partial charge is 0.391 e. The first-order chi connectivity index (χ1) is 6.69. The summed E-state index contributed by atoms with van der Waals surface area (Å²) in [7, 11) is 1.85. The van der Waals surface area contributed by atoms with E-state index in [0.717, 1.165) is 17.7 Å². The first-order valence-corrected chi connectivity index (χ1v) is 4.83. The third-order valence-electron chi connectivity index (χ3n) is 2.33. The molecule has 14 heavy (non-hydrogen) atoms. The molecular formula is C11H18N2O. The van der Waals surface area contributed by atoms with Crippen LogP contribution in [0.15, 0.2) is 36.1 Å². The van der Waals surface area contributed by atoms with Crippen molar-refractivity contribution < 1.29 is 5.11 Å². The Morgan fingerprint density at radius 1 is 1.71 bits per heavy atom. The number of rotatable bonds is 2. The molecule has 0 bridgehead atoms. The summed E-state index contributed by atoms with van der Waals surface area (Å²) in [6.45, 7) is 5.71. The smallest absolute Gasteiger partial charge is 0.133 e. The fraction of sp³-hybridized carbons (Fsp3) is 0.455. The molecule has 78 valence electrons. The molecule has 0 spiro atoms. The van der Waals surface area contributed by atoms with Crippen LogP contribution < -0.4 is 10.6 Å². The predicted molar refractivity (Wildman–Crippen MR) is 58.6 cm³/mol. The second kappa shape index (κ2) is 4.98. The Balaban J connectivity index is 2.95. The second-order valence-electron chi connectivity index (χ2n) is 3.38. The van der Waals surface area contributed by atoms with Crippen LogP contribution in [0.4, 0.5) is 0 Å². The average molecular weight is 194 g/mol. The Labute approximate surface area is 85.2 Å². The van der Waals surface area contributed by atoms with Gasteiger partial charge in [0.2, 0.25) is 0 Å². The lowest BCUT2D eigenvalue weighted by Crippen LogP contribution is -2.38. The molecule has 0 fully saturated rings. The Bertz CT molecular complexity index is 268. The van der Waals surface area contributed by atoms with E-state index in [0.29, 0.717) is 0 Å². The summed E-state index contributed by atoms with van der Waals surface area (Å²) in [6.07, 6.45) is 5.98. The van der Waals surface area contributed by atoms with Gasteiger partial charge in [-0.2, -0.15) is 0 Å². The number of nitrogens with one attached hydrogen (secondary N) is 2. The van der Waals surface area contributed by atoms with E-state index in [4.69, 9.17) is 0 Å². The molecule has 1 aliphatic rings. The molecule has 3 heteroatoms. The summed E-state index contributed by atoms with van der Waals surface area (Å²) in [5.41, 5.74) is 1.83. The van der Waals surface area contributed by atoms with E-state index in [1.807, 2.05) is 20.0 Å². The first-order valence-electron chi connectivity index (χ1n) is 4.83. The molecule has 2 atom stereocenters. The van der Waals surface area contributed by atoms with Crippen LogP contribution >= 0.6 is 0 Å². The van der Waals surface area contributed by atoms with Gasteiger partial charge in [0.1, 0.15) is 6.23 Å². The van der Waals surface area contributed by atoms with Gasteiger partial charge >= 0.3 is 0 Å². The van der Waals surface area contributed by atoms with Crippen LogP contribution in [0, 0.1) is 0 Å². The zero-order valence-electron chi connectivity index (χ0n) is 8.75. The summed E-state index contributed by atoms with van der Waals surface area (Å²) in [4.78, 5) is 0. The standard InChI is InChI=1S/C11H18N2O/c1-4-9-10(12-3)7-5-6-8(2)13-11(9)14/h4-6,8,11-14H,1,7H2,2-3H3/b6-5+,10-9+. The molecule has 1 aliphatic heterocycles. The Morgan fingerprint density at radius 3 is 3.00 bits per heavy atom. The lowest BCUT2D eigenvalue weighted by molar-refractivity contribution is 0.167. The van der Waals surface area contributed by atoms with Crippen LogP contribution in [0.3, 0.4) is 0 Å². The van der Waals surface area contributed by atoms with E-state index >= 15 is 0 Å². The van der Waals surface area contributed by atoms with Gasteiger partial charge in [-0.15, -0.1) is 0 Å². The molecule has 1 heterocycles. The van der Waals surface area contributed by atoms with Crippen LogP contribution in [0.1, 0.15) is 13.3 Å². The third kappa shape index (κ3) is 2.47. The van der Waals surface area contributed by atoms with Gasteiger partial charge in [0.15, 0.2) is 0 Å². The highest BCUT2D eigenvalue weighted by Crippen LogP contribution is 2.14. The first kappa shape index (κ1) is 11.0. The van der Waals surface area contributed by atoms with Crippen LogP contribution in [-0.2, 0) is 0 Å². The topological polar surface area (TPSA) is 44.3 Å². The highest BCUT2D eigenvalue weighted by atomic mass is 16.3. The minimum Gasteiger partial charge on any atom is -0.391 e. The molecule has 0 aromatic heterocycles. The maximum Gasteiger partial charge on any atom is 0.133 e. The lowest BCUT2D eigenvalue weighted by Gasteiger charge is -2.22. The quantitative estimate of drug-likeness (QED) is 0.572. The summed E-state index contributed by atoms with van der Waals surface area (Å²) in [6, 6.07) is 0.179. The van der Waals surface area contributed by atoms with Gasteiger partial charge in [0.25, 0.3) is 0 Å². The van der Waals surface area contributed by atoms with Gasteiger partial charge in [0.05, 0.1) is 0 Å². The number of hydrogen-bond donors (Lipinski definition) is 3. The highest BCUT2D eigenvalue weighted by molar-refractivity contribution is 5.29. The van der Waals surface area contributed by atoms with Crippen molar-refractivity contribution in [2.45, 2.75) is 25.6 Å². The highest BCUT2D eigenvalue weighted by Gasteiger charge is 2.15. The van der Waals surface area contributed by atoms with E-state index in [1.165, 1.54) is 0 Å². The molecule has 0 saturated heterocycles. The number of allylic oxidation sites excluding steroid dienone is 1. The number of aliphatic hydroxyl groups is 1. The Kier molecular flexibility index (Phi) is 3.92. The maximum atomic E-state index is 9.83. The van der Waals surface area contributed by atoms with Gasteiger partial charge in [-0.05, 0) is 6.92 Å². The van der Waals surface area contributed by atoms with Crippen molar-refractivity contribution in [3.63, 3.8) is 0 Å². The van der Waals surface area contributed by atoms with Crippen molar-refractivity contribution in [1.29, 1.82) is 0 Å². The molecule has 1 rings (SSSR count). The van der Waals surface area contributed by atoms with Crippen molar-refractivity contribution in [2.75, 3.05) is 7.05 Å². The number of hydrogen-bond acceptors (Lipinski definition) is 3. The molecule has 0 aromatic carbocycles. The molecule has 0 radical (unpaired) electrons. The third-order valence-corrected chi connectivity index (χ3v) is 2.33. The monoisotopic (exact) mass is 194 g/mol. The zero-order chi connectivity index (χ0) is 10.6. The predicted octanol–water partition coefficient (Wildman–Crippen LogP) is 0.902. The summed E-state index contributed by atoms with van der Waals surface area (Å²) >= 11 is 0. The van der Waals surface area contributed by atoms with E-state index in [2.05, 4.69) is 23.3 Å². The van der Waals surface area contributed by atoms with Crippen molar-refractivity contribution in [1.82, 2.24) is 10.6 Å². The Hall–Kier alpha value is -1.06. The molecule has 0 aromatic rings. The van der Waals surface area contributed by atoms with E-state index in [-0.39, 0.29) is 6.04 Å². The summed E-state index contributed by atoms with van der Waals surface area (Å²) < 4.78 is 0. The maximum absolute atomic E-state index is 9.83. The molecule has 3 nitrogen and oxygen atoms in total. The SMILES string of the molecule is C=C/C1=C(\NC)C/C=C/C(C)NC1O. The van der Waals surface area contributed by atoms with Crippen LogP contribution in [0.25, 0.3) is 0 Å². The molecule has 2 unspecified atom stereocenters. The van der Waals surface area contributed by atoms with Crippen LogP contribution in [0.2, 0.25) is 0 Å². The summed E-state index contributed by atoms with van der Waals surface area (Å²) in [5, 5.41) is 16.0. The minimum absolute atomic E-state index is 0.179. The molecule has 3 N–H and O–H groups in total. The fourth-order valence-corrected chi connectivity index (χ4v) is 1.55.